The van der Waals surface area contributed by atoms with Crippen molar-refractivity contribution in [1.29, 1.82) is 0 Å². The average molecular weight is 201 g/mol. The minimum absolute atomic E-state index is 0.104. The number of hydrogen-bond donors (Lipinski definition) is 1. The van der Waals surface area contributed by atoms with Gasteiger partial charge in [0.25, 0.3) is 0 Å². The van der Waals surface area contributed by atoms with Crippen molar-refractivity contribution in [2.75, 3.05) is 19.9 Å². The summed E-state index contributed by atoms with van der Waals surface area (Å²) in [6.07, 6.45) is 4.70. The molecule has 84 valence electrons. The maximum Gasteiger partial charge on any atom is 0.147 e. The molecule has 1 aliphatic carbocycles. The van der Waals surface area contributed by atoms with Gasteiger partial charge in [-0.2, -0.15) is 0 Å². The van der Waals surface area contributed by atoms with E-state index in [1.54, 1.807) is 0 Å². The molecule has 0 aromatic rings. The molecule has 1 saturated carbocycles. The minimum Gasteiger partial charge on any atom is -0.356 e. The van der Waals surface area contributed by atoms with Gasteiger partial charge in [0.2, 0.25) is 0 Å². The zero-order valence-electron chi connectivity index (χ0n) is 9.42. The van der Waals surface area contributed by atoms with Crippen molar-refractivity contribution < 1.29 is 9.47 Å². The molecule has 0 heterocycles. The molecule has 1 aliphatic rings. The minimum atomic E-state index is -0.104. The summed E-state index contributed by atoms with van der Waals surface area (Å²) < 4.78 is 11.0. The van der Waals surface area contributed by atoms with Crippen LogP contribution in [0, 0.1) is 5.92 Å². The molecule has 0 aromatic heterocycles. The van der Waals surface area contributed by atoms with Gasteiger partial charge in [-0.1, -0.05) is 19.8 Å². The van der Waals surface area contributed by atoms with Crippen LogP contribution in [0.2, 0.25) is 0 Å². The van der Waals surface area contributed by atoms with E-state index in [1.165, 1.54) is 12.8 Å². The Morgan fingerprint density at radius 1 is 1.50 bits per heavy atom. The molecule has 3 nitrogen and oxygen atoms in total. The Bertz CT molecular complexity index is 163. The second-order valence-electron chi connectivity index (χ2n) is 4.34. The van der Waals surface area contributed by atoms with Gasteiger partial charge >= 0.3 is 0 Å². The van der Waals surface area contributed by atoms with Gasteiger partial charge in [-0.3, -0.25) is 0 Å². The topological polar surface area (TPSA) is 44.5 Å². The molecule has 0 spiro atoms. The fourth-order valence-electron chi connectivity index (χ4n) is 2.24. The fourth-order valence-corrected chi connectivity index (χ4v) is 2.24. The zero-order chi connectivity index (χ0) is 10.4. The summed E-state index contributed by atoms with van der Waals surface area (Å²) in [5.74, 6) is 0.730. The fraction of sp³-hybridized carbons (Fsp3) is 1.00. The molecular weight excluding hydrogens is 178 g/mol. The van der Waals surface area contributed by atoms with Crippen LogP contribution in [0.4, 0.5) is 0 Å². The number of nitrogens with two attached hydrogens (primary N) is 1. The van der Waals surface area contributed by atoms with Gasteiger partial charge in [-0.15, -0.1) is 0 Å². The van der Waals surface area contributed by atoms with Crippen molar-refractivity contribution in [3.05, 3.63) is 0 Å². The summed E-state index contributed by atoms with van der Waals surface area (Å²) in [7, 11) is 0. The van der Waals surface area contributed by atoms with Crippen LogP contribution >= 0.6 is 0 Å². The molecule has 1 fully saturated rings. The first-order valence-corrected chi connectivity index (χ1v) is 5.64. The van der Waals surface area contributed by atoms with Crippen molar-refractivity contribution in [3.63, 3.8) is 0 Å². The van der Waals surface area contributed by atoms with E-state index in [0.29, 0.717) is 19.9 Å². The highest BCUT2D eigenvalue weighted by Crippen LogP contribution is 2.34. The summed E-state index contributed by atoms with van der Waals surface area (Å²) in [6.45, 7) is 5.95. The Kier molecular flexibility index (Phi) is 4.85. The number of hydrogen-bond acceptors (Lipinski definition) is 3. The number of rotatable bonds is 5. The standard InChI is InChI=1S/C11H23NO2/c1-3-13-9-14-11(8-12)6-4-5-10(2)7-11/h10H,3-9,12H2,1-2H3. The lowest BCUT2D eigenvalue weighted by molar-refractivity contribution is -0.154. The lowest BCUT2D eigenvalue weighted by atomic mass is 9.79. The monoisotopic (exact) mass is 201 g/mol. The molecule has 2 atom stereocenters. The van der Waals surface area contributed by atoms with Gasteiger partial charge in [0.05, 0.1) is 5.60 Å². The van der Waals surface area contributed by atoms with Gasteiger partial charge in [-0.25, -0.2) is 0 Å². The highest BCUT2D eigenvalue weighted by molar-refractivity contribution is 4.87. The van der Waals surface area contributed by atoms with Crippen molar-refractivity contribution >= 4 is 0 Å². The molecule has 3 heteroatoms. The van der Waals surface area contributed by atoms with Crippen LogP contribution in [0.3, 0.4) is 0 Å². The Morgan fingerprint density at radius 2 is 2.29 bits per heavy atom. The average Bonchev–Trinajstić information content (AvgIpc) is 2.18. The first-order chi connectivity index (χ1) is 6.72. The molecule has 0 radical (unpaired) electrons. The van der Waals surface area contributed by atoms with Crippen molar-refractivity contribution in [2.24, 2.45) is 11.7 Å². The molecule has 14 heavy (non-hydrogen) atoms. The highest BCUT2D eigenvalue weighted by atomic mass is 16.7. The summed E-state index contributed by atoms with van der Waals surface area (Å²) in [5.41, 5.74) is 5.70. The van der Waals surface area contributed by atoms with Gasteiger partial charge in [0, 0.05) is 13.2 Å². The maximum absolute atomic E-state index is 5.80. The maximum atomic E-state index is 5.80. The van der Waals surface area contributed by atoms with Crippen LogP contribution in [0.1, 0.15) is 39.5 Å². The molecule has 2 N–H and O–H groups in total. The van der Waals surface area contributed by atoms with Gasteiger partial charge < -0.3 is 15.2 Å². The lowest BCUT2D eigenvalue weighted by Crippen LogP contribution is -2.45. The lowest BCUT2D eigenvalue weighted by Gasteiger charge is -2.38. The molecule has 0 amide bonds. The van der Waals surface area contributed by atoms with Crippen LogP contribution in [0.25, 0.3) is 0 Å². The highest BCUT2D eigenvalue weighted by Gasteiger charge is 2.34. The molecule has 0 aliphatic heterocycles. The van der Waals surface area contributed by atoms with Crippen LogP contribution < -0.4 is 5.73 Å². The van der Waals surface area contributed by atoms with Crippen LogP contribution in [0.15, 0.2) is 0 Å². The van der Waals surface area contributed by atoms with Crippen LogP contribution in [-0.2, 0) is 9.47 Å². The van der Waals surface area contributed by atoms with Crippen LogP contribution in [-0.4, -0.2) is 25.5 Å². The van der Waals surface area contributed by atoms with E-state index in [-0.39, 0.29) is 5.60 Å². The normalized spacial score (nSPS) is 33.2. The summed E-state index contributed by atoms with van der Waals surface area (Å²) in [6, 6.07) is 0. The van der Waals surface area contributed by atoms with Crippen molar-refractivity contribution in [2.45, 2.75) is 45.1 Å². The Balaban J connectivity index is 2.39. The Morgan fingerprint density at radius 3 is 2.86 bits per heavy atom. The summed E-state index contributed by atoms with van der Waals surface area (Å²) in [5, 5.41) is 0. The third-order valence-electron chi connectivity index (χ3n) is 3.07. The van der Waals surface area contributed by atoms with Crippen molar-refractivity contribution in [1.82, 2.24) is 0 Å². The van der Waals surface area contributed by atoms with Gasteiger partial charge in [0.1, 0.15) is 6.79 Å². The van der Waals surface area contributed by atoms with Crippen molar-refractivity contribution in [3.8, 4) is 0 Å². The SMILES string of the molecule is CCOCOC1(CN)CCCC(C)C1. The molecule has 1 rings (SSSR count). The van der Waals surface area contributed by atoms with E-state index in [0.717, 1.165) is 18.8 Å². The second-order valence-corrected chi connectivity index (χ2v) is 4.34. The first-order valence-electron chi connectivity index (χ1n) is 5.64. The first kappa shape index (κ1) is 12.0. The smallest absolute Gasteiger partial charge is 0.147 e. The van der Waals surface area contributed by atoms with Gasteiger partial charge in [0.15, 0.2) is 0 Å². The molecule has 0 aromatic carbocycles. The molecule has 0 bridgehead atoms. The molecule has 2 unspecified atom stereocenters. The zero-order valence-corrected chi connectivity index (χ0v) is 9.42. The Labute approximate surface area is 86.9 Å². The van der Waals surface area contributed by atoms with E-state index < -0.39 is 0 Å². The van der Waals surface area contributed by atoms with E-state index >= 15 is 0 Å². The Hall–Kier alpha value is -0.120. The second kappa shape index (κ2) is 5.69. The van der Waals surface area contributed by atoms with E-state index in [1.807, 2.05) is 6.92 Å². The molecular formula is C11H23NO2. The predicted molar refractivity (Wildman–Crippen MR) is 57.0 cm³/mol. The number of ether oxygens (including phenoxy) is 2. The summed E-state index contributed by atoms with van der Waals surface area (Å²) in [4.78, 5) is 0. The third-order valence-corrected chi connectivity index (χ3v) is 3.07. The third kappa shape index (κ3) is 3.23. The summed E-state index contributed by atoms with van der Waals surface area (Å²) >= 11 is 0. The predicted octanol–water partition coefficient (Wildman–Crippen LogP) is 1.90. The van der Waals surface area contributed by atoms with Gasteiger partial charge in [-0.05, 0) is 25.7 Å². The largest absolute Gasteiger partial charge is 0.356 e. The quantitative estimate of drug-likeness (QED) is 0.546. The van der Waals surface area contributed by atoms with E-state index in [9.17, 15) is 0 Å². The van der Waals surface area contributed by atoms with E-state index in [2.05, 4.69) is 6.92 Å². The molecule has 0 saturated heterocycles. The van der Waals surface area contributed by atoms with Crippen LogP contribution in [0.5, 0.6) is 0 Å². The van der Waals surface area contributed by atoms with E-state index in [4.69, 9.17) is 15.2 Å².